The fourth-order valence-corrected chi connectivity index (χ4v) is 1.85. The van der Waals surface area contributed by atoms with Crippen molar-refractivity contribution in [1.29, 1.82) is 0 Å². The predicted octanol–water partition coefficient (Wildman–Crippen LogP) is 2.15. The van der Waals surface area contributed by atoms with Crippen LogP contribution in [0.25, 0.3) is 0 Å². The SMILES string of the molecule is CCc1ccc(CCNc2nnns2)cc1. The van der Waals surface area contributed by atoms with Crippen LogP contribution in [0.1, 0.15) is 18.1 Å². The van der Waals surface area contributed by atoms with Crippen molar-refractivity contribution in [1.82, 2.24) is 14.8 Å². The Balaban J connectivity index is 1.81. The van der Waals surface area contributed by atoms with E-state index in [1.807, 2.05) is 0 Å². The highest BCUT2D eigenvalue weighted by Gasteiger charge is 1.97. The second kappa shape index (κ2) is 5.55. The van der Waals surface area contributed by atoms with Crippen LogP contribution in [0.3, 0.4) is 0 Å². The highest BCUT2D eigenvalue weighted by atomic mass is 32.1. The minimum Gasteiger partial charge on any atom is -0.359 e. The molecule has 0 amide bonds. The summed E-state index contributed by atoms with van der Waals surface area (Å²) in [5, 5.41) is 11.3. The zero-order valence-corrected chi connectivity index (χ0v) is 10.00. The first-order valence-electron chi connectivity index (χ1n) is 5.35. The van der Waals surface area contributed by atoms with E-state index in [4.69, 9.17) is 0 Å². The van der Waals surface area contributed by atoms with Crippen molar-refractivity contribution >= 4 is 16.7 Å². The average molecular weight is 234 g/mol. The van der Waals surface area contributed by atoms with Gasteiger partial charge in [0.2, 0.25) is 5.13 Å². The summed E-state index contributed by atoms with van der Waals surface area (Å²) in [4.78, 5) is 0. The molecule has 0 aliphatic heterocycles. The summed E-state index contributed by atoms with van der Waals surface area (Å²) >= 11 is 1.28. The molecule has 0 saturated heterocycles. The molecule has 4 nitrogen and oxygen atoms in total. The number of hydrogen-bond donors (Lipinski definition) is 1. The molecule has 84 valence electrons. The lowest BCUT2D eigenvalue weighted by atomic mass is 10.1. The summed E-state index contributed by atoms with van der Waals surface area (Å²) in [5.41, 5.74) is 2.72. The summed E-state index contributed by atoms with van der Waals surface area (Å²) in [7, 11) is 0. The molecular weight excluding hydrogens is 220 g/mol. The van der Waals surface area contributed by atoms with Crippen LogP contribution < -0.4 is 5.32 Å². The lowest BCUT2D eigenvalue weighted by molar-refractivity contribution is 0.941. The van der Waals surface area contributed by atoms with Crippen molar-refractivity contribution in [2.75, 3.05) is 11.9 Å². The van der Waals surface area contributed by atoms with E-state index in [1.165, 1.54) is 22.7 Å². The largest absolute Gasteiger partial charge is 0.359 e. The van der Waals surface area contributed by atoms with Gasteiger partial charge in [0, 0.05) is 18.1 Å². The van der Waals surface area contributed by atoms with Crippen LogP contribution in [0, 0.1) is 0 Å². The van der Waals surface area contributed by atoms with E-state index in [-0.39, 0.29) is 0 Å². The third-order valence-corrected chi connectivity index (χ3v) is 2.97. The van der Waals surface area contributed by atoms with Crippen molar-refractivity contribution in [3.63, 3.8) is 0 Å². The summed E-state index contributed by atoms with van der Waals surface area (Å²) in [5.74, 6) is 0. The van der Waals surface area contributed by atoms with E-state index in [0.717, 1.165) is 24.5 Å². The molecule has 0 bridgehead atoms. The normalized spacial score (nSPS) is 10.3. The Morgan fingerprint density at radius 3 is 2.56 bits per heavy atom. The number of rotatable bonds is 5. The summed E-state index contributed by atoms with van der Waals surface area (Å²) in [6.45, 7) is 3.03. The fourth-order valence-electron chi connectivity index (χ4n) is 1.46. The first-order valence-corrected chi connectivity index (χ1v) is 6.12. The maximum Gasteiger partial charge on any atom is 0.225 e. The summed E-state index contributed by atoms with van der Waals surface area (Å²) in [6, 6.07) is 8.72. The molecular formula is C11H14N4S. The Morgan fingerprint density at radius 1 is 1.19 bits per heavy atom. The van der Waals surface area contributed by atoms with E-state index in [2.05, 4.69) is 51.3 Å². The van der Waals surface area contributed by atoms with Gasteiger partial charge in [-0.15, -0.1) is 0 Å². The van der Waals surface area contributed by atoms with Crippen LogP contribution in [-0.2, 0) is 12.8 Å². The van der Waals surface area contributed by atoms with Gasteiger partial charge in [-0.3, -0.25) is 0 Å². The third kappa shape index (κ3) is 3.00. The molecule has 0 spiro atoms. The number of nitrogens with one attached hydrogen (secondary N) is 1. The van der Waals surface area contributed by atoms with Crippen molar-refractivity contribution in [2.45, 2.75) is 19.8 Å². The molecule has 1 aromatic carbocycles. The molecule has 0 atom stereocenters. The highest BCUT2D eigenvalue weighted by molar-refractivity contribution is 7.09. The van der Waals surface area contributed by atoms with E-state index >= 15 is 0 Å². The number of benzene rings is 1. The Labute approximate surface area is 98.9 Å². The minimum atomic E-state index is 0.783. The number of nitrogens with zero attached hydrogens (tertiary/aromatic N) is 3. The molecule has 2 rings (SSSR count). The smallest absolute Gasteiger partial charge is 0.225 e. The van der Waals surface area contributed by atoms with Crippen molar-refractivity contribution in [3.8, 4) is 0 Å². The molecule has 0 fully saturated rings. The Bertz CT molecular complexity index is 410. The van der Waals surface area contributed by atoms with Gasteiger partial charge in [-0.25, -0.2) is 0 Å². The van der Waals surface area contributed by atoms with E-state index < -0.39 is 0 Å². The van der Waals surface area contributed by atoms with Gasteiger partial charge in [-0.1, -0.05) is 40.8 Å². The van der Waals surface area contributed by atoms with Crippen LogP contribution in [0.4, 0.5) is 5.13 Å². The predicted molar refractivity (Wildman–Crippen MR) is 65.7 cm³/mol. The van der Waals surface area contributed by atoms with E-state index in [1.54, 1.807) is 0 Å². The zero-order chi connectivity index (χ0) is 11.2. The van der Waals surface area contributed by atoms with Crippen LogP contribution in [-0.4, -0.2) is 21.3 Å². The van der Waals surface area contributed by atoms with Gasteiger partial charge >= 0.3 is 0 Å². The molecule has 0 saturated carbocycles. The number of hydrogen-bond acceptors (Lipinski definition) is 5. The van der Waals surface area contributed by atoms with Gasteiger partial charge in [0.25, 0.3) is 0 Å². The van der Waals surface area contributed by atoms with Gasteiger partial charge in [0.05, 0.1) is 0 Å². The Morgan fingerprint density at radius 2 is 1.94 bits per heavy atom. The van der Waals surface area contributed by atoms with Crippen LogP contribution in [0.2, 0.25) is 0 Å². The number of aromatic nitrogens is 3. The van der Waals surface area contributed by atoms with Crippen LogP contribution in [0.5, 0.6) is 0 Å². The summed E-state index contributed by atoms with van der Waals surface area (Å²) < 4.78 is 3.69. The van der Waals surface area contributed by atoms with Gasteiger partial charge < -0.3 is 5.32 Å². The van der Waals surface area contributed by atoms with Gasteiger partial charge in [0.1, 0.15) is 0 Å². The quantitative estimate of drug-likeness (QED) is 0.861. The van der Waals surface area contributed by atoms with Gasteiger partial charge in [0.15, 0.2) is 0 Å². The Kier molecular flexibility index (Phi) is 3.82. The monoisotopic (exact) mass is 234 g/mol. The lowest BCUT2D eigenvalue weighted by Crippen LogP contribution is -2.04. The Hall–Kier alpha value is -1.49. The first-order chi connectivity index (χ1) is 7.88. The molecule has 0 aliphatic rings. The standard InChI is InChI=1S/C11H14N4S/c1-2-9-3-5-10(6-4-9)7-8-12-11-13-14-15-16-11/h3-6H,2,7-8H2,1H3,(H,12,13,15). The second-order valence-electron chi connectivity index (χ2n) is 3.51. The highest BCUT2D eigenvalue weighted by Crippen LogP contribution is 2.07. The lowest BCUT2D eigenvalue weighted by Gasteiger charge is -2.03. The molecule has 2 aromatic rings. The second-order valence-corrected chi connectivity index (χ2v) is 4.25. The number of aryl methyl sites for hydroxylation is 1. The van der Waals surface area contributed by atoms with E-state index in [9.17, 15) is 0 Å². The van der Waals surface area contributed by atoms with Crippen molar-refractivity contribution < 1.29 is 0 Å². The number of anilines is 1. The third-order valence-electron chi connectivity index (χ3n) is 2.42. The van der Waals surface area contributed by atoms with Gasteiger partial charge in [-0.2, -0.15) is 0 Å². The molecule has 1 aromatic heterocycles. The average Bonchev–Trinajstić information content (AvgIpc) is 2.83. The molecule has 0 unspecified atom stereocenters. The molecule has 0 radical (unpaired) electrons. The fraction of sp³-hybridized carbons (Fsp3) is 0.364. The first kappa shape index (κ1) is 11.0. The molecule has 1 N–H and O–H groups in total. The molecule has 16 heavy (non-hydrogen) atoms. The maximum atomic E-state index is 3.82. The maximum absolute atomic E-state index is 3.82. The van der Waals surface area contributed by atoms with Crippen LogP contribution in [0.15, 0.2) is 24.3 Å². The van der Waals surface area contributed by atoms with Gasteiger partial charge in [-0.05, 0) is 29.2 Å². The topological polar surface area (TPSA) is 50.7 Å². The molecule has 5 heteroatoms. The summed E-state index contributed by atoms with van der Waals surface area (Å²) in [6.07, 6.45) is 2.08. The van der Waals surface area contributed by atoms with Crippen molar-refractivity contribution in [2.24, 2.45) is 0 Å². The van der Waals surface area contributed by atoms with E-state index in [0.29, 0.717) is 0 Å². The van der Waals surface area contributed by atoms with Crippen LogP contribution >= 0.6 is 11.5 Å². The minimum absolute atomic E-state index is 0.783. The van der Waals surface area contributed by atoms with Crippen molar-refractivity contribution in [3.05, 3.63) is 35.4 Å². The molecule has 1 heterocycles. The zero-order valence-electron chi connectivity index (χ0n) is 9.18. The molecule has 0 aliphatic carbocycles.